The minimum absolute atomic E-state index is 0.0195. The van der Waals surface area contributed by atoms with Gasteiger partial charge in [0.2, 0.25) is 5.91 Å². The van der Waals surface area contributed by atoms with Crippen LogP contribution in [0, 0.1) is 0 Å². The summed E-state index contributed by atoms with van der Waals surface area (Å²) in [6.07, 6.45) is 4.55. The SMILES string of the molecule is Cn1c(SCC(=O)c2ccc(N3CCCC3=O)cc2)nc2sc3c(c2c1=O)CCC3. The van der Waals surface area contributed by atoms with Crippen LogP contribution >= 0.6 is 23.1 Å². The van der Waals surface area contributed by atoms with Gasteiger partial charge in [0.15, 0.2) is 10.9 Å². The highest BCUT2D eigenvalue weighted by Crippen LogP contribution is 2.35. The standard InChI is InChI=1S/C22H21N3O3S2/c1-24-21(28)19-15-4-2-5-17(15)30-20(19)23-22(24)29-12-16(26)13-7-9-14(10-8-13)25-11-3-6-18(25)27/h7-10H,2-6,11-12H2,1H3. The van der Waals surface area contributed by atoms with Gasteiger partial charge in [-0.2, -0.15) is 0 Å². The van der Waals surface area contributed by atoms with Crippen molar-refractivity contribution in [1.29, 1.82) is 0 Å². The molecular formula is C22H21N3O3S2. The highest BCUT2D eigenvalue weighted by molar-refractivity contribution is 7.99. The molecule has 30 heavy (non-hydrogen) atoms. The van der Waals surface area contributed by atoms with Crippen molar-refractivity contribution < 1.29 is 9.59 Å². The number of benzene rings is 1. The van der Waals surface area contributed by atoms with Crippen LogP contribution in [0.4, 0.5) is 5.69 Å². The zero-order chi connectivity index (χ0) is 20.8. The second-order valence-electron chi connectivity index (χ2n) is 7.70. The second kappa shape index (κ2) is 7.67. The van der Waals surface area contributed by atoms with Crippen LogP contribution in [0.25, 0.3) is 10.2 Å². The van der Waals surface area contributed by atoms with Crippen molar-refractivity contribution in [2.75, 3.05) is 17.2 Å². The van der Waals surface area contributed by atoms with Crippen molar-refractivity contribution in [2.24, 2.45) is 7.05 Å². The van der Waals surface area contributed by atoms with E-state index in [0.29, 0.717) is 17.1 Å². The molecule has 6 nitrogen and oxygen atoms in total. The number of thiophene rings is 1. The number of nitrogens with zero attached hydrogens (tertiary/aromatic N) is 3. The van der Waals surface area contributed by atoms with E-state index >= 15 is 0 Å². The number of carbonyl (C=O) groups excluding carboxylic acids is 2. The van der Waals surface area contributed by atoms with Gasteiger partial charge < -0.3 is 4.90 Å². The summed E-state index contributed by atoms with van der Waals surface area (Å²) >= 11 is 2.91. The molecule has 154 valence electrons. The van der Waals surface area contributed by atoms with Gasteiger partial charge in [0.25, 0.3) is 5.56 Å². The summed E-state index contributed by atoms with van der Waals surface area (Å²) in [6.45, 7) is 0.732. The lowest BCUT2D eigenvalue weighted by molar-refractivity contribution is -0.117. The average molecular weight is 440 g/mol. The normalized spacial score (nSPS) is 15.9. The Hall–Kier alpha value is -2.45. The quantitative estimate of drug-likeness (QED) is 0.345. The van der Waals surface area contributed by atoms with Crippen LogP contribution in [-0.4, -0.2) is 33.5 Å². The largest absolute Gasteiger partial charge is 0.312 e. The van der Waals surface area contributed by atoms with Gasteiger partial charge in [0.1, 0.15) is 4.83 Å². The van der Waals surface area contributed by atoms with Gasteiger partial charge in [-0.25, -0.2) is 4.98 Å². The summed E-state index contributed by atoms with van der Waals surface area (Å²) in [5, 5.41) is 1.33. The van der Waals surface area contributed by atoms with Gasteiger partial charge in [-0.3, -0.25) is 19.0 Å². The summed E-state index contributed by atoms with van der Waals surface area (Å²) in [5.74, 6) is 0.313. The first kappa shape index (κ1) is 19.5. The van der Waals surface area contributed by atoms with E-state index in [1.807, 2.05) is 12.1 Å². The fourth-order valence-electron chi connectivity index (χ4n) is 4.20. The third-order valence-electron chi connectivity index (χ3n) is 5.81. The van der Waals surface area contributed by atoms with E-state index in [0.717, 1.165) is 48.1 Å². The fraction of sp³-hybridized carbons (Fsp3) is 0.364. The minimum atomic E-state index is -0.0256. The number of Topliss-reactive ketones (excluding diaryl/α,β-unsaturated/α-hetero) is 1. The Morgan fingerprint density at radius 2 is 1.93 bits per heavy atom. The number of fused-ring (bicyclic) bond motifs is 3. The lowest BCUT2D eigenvalue weighted by Crippen LogP contribution is -2.23. The molecule has 3 aromatic rings. The van der Waals surface area contributed by atoms with Crippen LogP contribution in [0.2, 0.25) is 0 Å². The van der Waals surface area contributed by atoms with Crippen LogP contribution in [0.15, 0.2) is 34.2 Å². The molecule has 0 saturated carbocycles. The number of aryl methyl sites for hydroxylation is 2. The molecular weight excluding hydrogens is 418 g/mol. The van der Waals surface area contributed by atoms with Crippen LogP contribution in [0.5, 0.6) is 0 Å². The molecule has 0 atom stereocenters. The first-order valence-electron chi connectivity index (χ1n) is 10.1. The summed E-state index contributed by atoms with van der Waals surface area (Å²) in [6, 6.07) is 7.19. The first-order chi connectivity index (χ1) is 14.5. The predicted octanol–water partition coefficient (Wildman–Crippen LogP) is 3.59. The molecule has 1 aromatic carbocycles. The van der Waals surface area contributed by atoms with Gasteiger partial charge in [-0.15, -0.1) is 11.3 Å². The van der Waals surface area contributed by atoms with E-state index in [2.05, 4.69) is 4.98 Å². The number of hydrogen-bond donors (Lipinski definition) is 0. The molecule has 0 N–H and O–H groups in total. The summed E-state index contributed by atoms with van der Waals surface area (Å²) < 4.78 is 1.56. The molecule has 1 aliphatic carbocycles. The van der Waals surface area contributed by atoms with Gasteiger partial charge >= 0.3 is 0 Å². The smallest absolute Gasteiger partial charge is 0.262 e. The Balaban J connectivity index is 1.33. The number of aromatic nitrogens is 2. The molecule has 1 aliphatic heterocycles. The first-order valence-corrected chi connectivity index (χ1v) is 11.9. The van der Waals surface area contributed by atoms with Gasteiger partial charge in [-0.05, 0) is 55.5 Å². The average Bonchev–Trinajstić information content (AvgIpc) is 3.45. The zero-order valence-corrected chi connectivity index (χ0v) is 18.3. The van der Waals surface area contributed by atoms with Crippen molar-refractivity contribution in [2.45, 2.75) is 37.3 Å². The summed E-state index contributed by atoms with van der Waals surface area (Å²) in [4.78, 5) is 45.9. The molecule has 1 fully saturated rings. The van der Waals surface area contributed by atoms with E-state index in [-0.39, 0.29) is 23.0 Å². The molecule has 1 amide bonds. The number of thioether (sulfide) groups is 1. The number of rotatable bonds is 5. The maximum Gasteiger partial charge on any atom is 0.262 e. The molecule has 2 aromatic heterocycles. The second-order valence-corrected chi connectivity index (χ2v) is 9.73. The van der Waals surface area contributed by atoms with Crippen molar-refractivity contribution in [3.63, 3.8) is 0 Å². The third-order valence-corrected chi connectivity index (χ3v) is 8.03. The molecule has 8 heteroatoms. The summed E-state index contributed by atoms with van der Waals surface area (Å²) in [7, 11) is 1.72. The Morgan fingerprint density at radius 3 is 2.67 bits per heavy atom. The van der Waals surface area contributed by atoms with E-state index in [9.17, 15) is 14.4 Å². The fourth-order valence-corrected chi connectivity index (χ4v) is 6.37. The number of anilines is 1. The van der Waals surface area contributed by atoms with Crippen LogP contribution < -0.4 is 10.5 Å². The van der Waals surface area contributed by atoms with Crippen molar-refractivity contribution in [1.82, 2.24) is 9.55 Å². The number of ketones is 1. The van der Waals surface area contributed by atoms with E-state index in [1.165, 1.54) is 22.2 Å². The number of hydrogen-bond acceptors (Lipinski definition) is 6. The Morgan fingerprint density at radius 1 is 1.13 bits per heavy atom. The maximum atomic E-state index is 12.9. The predicted molar refractivity (Wildman–Crippen MR) is 120 cm³/mol. The van der Waals surface area contributed by atoms with E-state index in [4.69, 9.17) is 0 Å². The van der Waals surface area contributed by atoms with E-state index in [1.54, 1.807) is 40.0 Å². The molecule has 0 radical (unpaired) electrons. The summed E-state index contributed by atoms with van der Waals surface area (Å²) in [5.41, 5.74) is 2.59. The minimum Gasteiger partial charge on any atom is -0.312 e. The number of carbonyl (C=O) groups is 2. The van der Waals surface area contributed by atoms with Gasteiger partial charge in [0, 0.05) is 36.1 Å². The van der Waals surface area contributed by atoms with Crippen molar-refractivity contribution in [3.05, 3.63) is 50.6 Å². The molecule has 2 aliphatic rings. The highest BCUT2D eigenvalue weighted by Gasteiger charge is 2.23. The maximum absolute atomic E-state index is 12.9. The third kappa shape index (κ3) is 3.28. The monoisotopic (exact) mass is 439 g/mol. The van der Waals surface area contributed by atoms with Gasteiger partial charge in [0.05, 0.1) is 11.1 Å². The van der Waals surface area contributed by atoms with Crippen molar-refractivity contribution in [3.8, 4) is 0 Å². The number of amides is 1. The van der Waals surface area contributed by atoms with Crippen LogP contribution in [0.3, 0.4) is 0 Å². The molecule has 0 spiro atoms. The topological polar surface area (TPSA) is 72.3 Å². The Labute approximate surface area is 181 Å². The molecule has 5 rings (SSSR count). The molecule has 0 unspecified atom stereocenters. The van der Waals surface area contributed by atoms with Gasteiger partial charge in [-0.1, -0.05) is 11.8 Å². The van der Waals surface area contributed by atoms with Crippen LogP contribution in [-0.2, 0) is 24.7 Å². The lowest BCUT2D eigenvalue weighted by atomic mass is 10.1. The van der Waals surface area contributed by atoms with Crippen LogP contribution in [0.1, 0.15) is 40.1 Å². The van der Waals surface area contributed by atoms with Crippen molar-refractivity contribution >= 4 is 50.7 Å². The van der Waals surface area contributed by atoms with E-state index < -0.39 is 0 Å². The Bertz CT molecular complexity index is 1230. The lowest BCUT2D eigenvalue weighted by Gasteiger charge is -2.15. The highest BCUT2D eigenvalue weighted by atomic mass is 32.2. The zero-order valence-electron chi connectivity index (χ0n) is 16.6. The Kier molecular flexibility index (Phi) is 4.99. The molecule has 1 saturated heterocycles. The molecule has 0 bridgehead atoms. The molecule has 3 heterocycles.